The van der Waals surface area contributed by atoms with Gasteiger partial charge in [-0.2, -0.15) is 0 Å². The average Bonchev–Trinajstić information content (AvgIpc) is 2.99. The lowest BCUT2D eigenvalue weighted by molar-refractivity contribution is -0.136. The van der Waals surface area contributed by atoms with Crippen molar-refractivity contribution in [2.24, 2.45) is 5.92 Å². The summed E-state index contributed by atoms with van der Waals surface area (Å²) in [6, 6.07) is 5.42. The maximum Gasteiger partial charge on any atom is 0.307 e. The molecule has 0 saturated heterocycles. The van der Waals surface area contributed by atoms with Gasteiger partial charge in [0, 0.05) is 0 Å². The SMILES string of the molecule is O=C(O)Cc1ccc(OCC2CC2)c(Br)c1. The Morgan fingerprint density at radius 2 is 2.25 bits per heavy atom. The Labute approximate surface area is 103 Å². The molecule has 16 heavy (non-hydrogen) atoms. The van der Waals surface area contributed by atoms with Gasteiger partial charge in [-0.05, 0) is 52.4 Å². The first-order valence-corrected chi connectivity index (χ1v) is 6.07. The lowest BCUT2D eigenvalue weighted by atomic mass is 10.1. The molecule has 0 atom stereocenters. The number of hydrogen-bond acceptors (Lipinski definition) is 2. The second-order valence-corrected chi connectivity index (χ2v) is 4.94. The van der Waals surface area contributed by atoms with E-state index >= 15 is 0 Å². The van der Waals surface area contributed by atoms with Crippen LogP contribution in [0, 0.1) is 5.92 Å². The first-order chi connectivity index (χ1) is 7.65. The second-order valence-electron chi connectivity index (χ2n) is 4.09. The van der Waals surface area contributed by atoms with Crippen molar-refractivity contribution >= 4 is 21.9 Å². The van der Waals surface area contributed by atoms with Crippen molar-refractivity contribution in [3.63, 3.8) is 0 Å². The van der Waals surface area contributed by atoms with Crippen LogP contribution in [0.1, 0.15) is 18.4 Å². The van der Waals surface area contributed by atoms with Crippen molar-refractivity contribution in [3.05, 3.63) is 28.2 Å². The third kappa shape index (κ3) is 3.23. The molecule has 0 heterocycles. The third-order valence-electron chi connectivity index (χ3n) is 2.52. The predicted molar refractivity (Wildman–Crippen MR) is 63.7 cm³/mol. The van der Waals surface area contributed by atoms with Crippen LogP contribution in [0.25, 0.3) is 0 Å². The molecule has 1 aliphatic carbocycles. The van der Waals surface area contributed by atoms with Crippen LogP contribution in [-0.4, -0.2) is 17.7 Å². The van der Waals surface area contributed by atoms with E-state index in [-0.39, 0.29) is 6.42 Å². The number of aliphatic carboxylic acids is 1. The van der Waals surface area contributed by atoms with Gasteiger partial charge in [0.15, 0.2) is 0 Å². The molecule has 1 fully saturated rings. The molecule has 1 N–H and O–H groups in total. The van der Waals surface area contributed by atoms with E-state index < -0.39 is 5.97 Å². The van der Waals surface area contributed by atoms with Gasteiger partial charge >= 0.3 is 5.97 Å². The maximum absolute atomic E-state index is 10.5. The predicted octanol–water partition coefficient (Wildman–Crippen LogP) is 2.87. The van der Waals surface area contributed by atoms with Gasteiger partial charge in [-0.25, -0.2) is 0 Å². The van der Waals surface area contributed by atoms with Crippen molar-refractivity contribution < 1.29 is 14.6 Å². The molecule has 0 radical (unpaired) electrons. The molecule has 0 aromatic heterocycles. The van der Waals surface area contributed by atoms with Gasteiger partial charge in [0.25, 0.3) is 0 Å². The van der Waals surface area contributed by atoms with Crippen LogP contribution < -0.4 is 4.74 Å². The Hall–Kier alpha value is -1.03. The number of carboxylic acids is 1. The second kappa shape index (κ2) is 4.87. The number of hydrogen-bond donors (Lipinski definition) is 1. The van der Waals surface area contributed by atoms with Gasteiger partial charge in [0.1, 0.15) is 5.75 Å². The van der Waals surface area contributed by atoms with Crippen LogP contribution in [0.2, 0.25) is 0 Å². The van der Waals surface area contributed by atoms with Gasteiger partial charge in [0.2, 0.25) is 0 Å². The lowest BCUT2D eigenvalue weighted by Crippen LogP contribution is -2.02. The summed E-state index contributed by atoms with van der Waals surface area (Å²) in [7, 11) is 0. The Kier molecular flexibility index (Phi) is 3.49. The Morgan fingerprint density at radius 3 is 2.81 bits per heavy atom. The van der Waals surface area contributed by atoms with Crippen LogP contribution >= 0.6 is 15.9 Å². The summed E-state index contributed by atoms with van der Waals surface area (Å²) in [5, 5.41) is 8.66. The topological polar surface area (TPSA) is 46.5 Å². The summed E-state index contributed by atoms with van der Waals surface area (Å²) in [5.74, 6) is 0.685. The van der Waals surface area contributed by atoms with Crippen molar-refractivity contribution in [2.45, 2.75) is 19.3 Å². The zero-order chi connectivity index (χ0) is 11.5. The highest BCUT2D eigenvalue weighted by atomic mass is 79.9. The number of carbonyl (C=O) groups is 1. The van der Waals surface area contributed by atoms with E-state index in [4.69, 9.17) is 9.84 Å². The van der Waals surface area contributed by atoms with Gasteiger partial charge in [0.05, 0.1) is 17.5 Å². The Balaban J connectivity index is 2.00. The Morgan fingerprint density at radius 1 is 1.50 bits per heavy atom. The van der Waals surface area contributed by atoms with Gasteiger partial charge in [-0.1, -0.05) is 6.07 Å². The van der Waals surface area contributed by atoms with E-state index in [1.54, 1.807) is 12.1 Å². The fraction of sp³-hybridized carbons (Fsp3) is 0.417. The van der Waals surface area contributed by atoms with E-state index in [2.05, 4.69) is 15.9 Å². The summed E-state index contributed by atoms with van der Waals surface area (Å²) in [4.78, 5) is 10.5. The molecule has 0 spiro atoms. The molecule has 0 amide bonds. The first-order valence-electron chi connectivity index (χ1n) is 5.28. The molecule has 1 aromatic carbocycles. The highest BCUT2D eigenvalue weighted by Gasteiger charge is 2.22. The summed E-state index contributed by atoms with van der Waals surface area (Å²) in [6.07, 6.45) is 2.56. The smallest absolute Gasteiger partial charge is 0.307 e. The van der Waals surface area contributed by atoms with Crippen molar-refractivity contribution in [3.8, 4) is 5.75 Å². The molecule has 0 bridgehead atoms. The number of halogens is 1. The molecular weight excluding hydrogens is 272 g/mol. The largest absolute Gasteiger partial charge is 0.492 e. The molecule has 1 saturated carbocycles. The third-order valence-corrected chi connectivity index (χ3v) is 3.14. The fourth-order valence-corrected chi connectivity index (χ4v) is 1.98. The quantitative estimate of drug-likeness (QED) is 0.904. The first kappa shape index (κ1) is 11.5. The minimum atomic E-state index is -0.821. The molecule has 0 unspecified atom stereocenters. The normalized spacial score (nSPS) is 14.8. The highest BCUT2D eigenvalue weighted by molar-refractivity contribution is 9.10. The number of benzene rings is 1. The van der Waals surface area contributed by atoms with Crippen LogP contribution in [0.5, 0.6) is 5.75 Å². The summed E-state index contributed by atoms with van der Waals surface area (Å²) in [6.45, 7) is 0.761. The van der Waals surface area contributed by atoms with E-state index in [1.807, 2.05) is 6.07 Å². The van der Waals surface area contributed by atoms with Gasteiger partial charge < -0.3 is 9.84 Å². The molecule has 4 heteroatoms. The van der Waals surface area contributed by atoms with Crippen LogP contribution in [0.4, 0.5) is 0 Å². The zero-order valence-electron chi connectivity index (χ0n) is 8.78. The van der Waals surface area contributed by atoms with Crippen molar-refractivity contribution in [1.29, 1.82) is 0 Å². The van der Waals surface area contributed by atoms with E-state index in [9.17, 15) is 4.79 Å². The zero-order valence-corrected chi connectivity index (χ0v) is 10.4. The summed E-state index contributed by atoms with van der Waals surface area (Å²) in [5.41, 5.74) is 0.776. The van der Waals surface area contributed by atoms with Crippen LogP contribution in [-0.2, 0) is 11.2 Å². The van der Waals surface area contributed by atoms with Crippen molar-refractivity contribution in [1.82, 2.24) is 0 Å². The van der Waals surface area contributed by atoms with E-state index in [0.29, 0.717) is 5.92 Å². The minimum Gasteiger partial charge on any atom is -0.492 e. The lowest BCUT2D eigenvalue weighted by Gasteiger charge is -2.08. The standard InChI is InChI=1S/C12H13BrO3/c13-10-5-9(6-12(14)15)3-4-11(10)16-7-8-1-2-8/h3-5,8H,1-2,6-7H2,(H,14,15). The molecule has 1 aromatic rings. The van der Waals surface area contributed by atoms with Crippen molar-refractivity contribution in [2.75, 3.05) is 6.61 Å². The number of rotatable bonds is 5. The van der Waals surface area contributed by atoms with Crippen LogP contribution in [0.3, 0.4) is 0 Å². The fourth-order valence-electron chi connectivity index (χ4n) is 1.44. The average molecular weight is 285 g/mol. The van der Waals surface area contributed by atoms with E-state index in [0.717, 1.165) is 22.4 Å². The van der Waals surface area contributed by atoms with Crippen LogP contribution in [0.15, 0.2) is 22.7 Å². The molecule has 2 rings (SSSR count). The molecule has 0 aliphatic heterocycles. The Bertz CT molecular complexity index is 399. The minimum absolute atomic E-state index is 0.0432. The molecule has 3 nitrogen and oxygen atoms in total. The molecular formula is C12H13BrO3. The number of carboxylic acid groups (broad SMARTS) is 1. The molecule has 86 valence electrons. The monoisotopic (exact) mass is 284 g/mol. The summed E-state index contributed by atoms with van der Waals surface area (Å²) < 4.78 is 6.45. The molecule has 1 aliphatic rings. The van der Waals surface area contributed by atoms with Gasteiger partial charge in [-0.3, -0.25) is 4.79 Å². The maximum atomic E-state index is 10.5. The van der Waals surface area contributed by atoms with Gasteiger partial charge in [-0.15, -0.1) is 0 Å². The van der Waals surface area contributed by atoms with E-state index in [1.165, 1.54) is 12.8 Å². The number of ether oxygens (including phenoxy) is 1. The highest BCUT2D eigenvalue weighted by Crippen LogP contribution is 2.32. The summed E-state index contributed by atoms with van der Waals surface area (Å²) >= 11 is 3.39.